The van der Waals surface area contributed by atoms with Crippen molar-refractivity contribution >= 4 is 11.3 Å². The van der Waals surface area contributed by atoms with Crippen LogP contribution >= 0.6 is 11.3 Å². The van der Waals surface area contributed by atoms with Gasteiger partial charge in [-0.2, -0.15) is 0 Å². The van der Waals surface area contributed by atoms with E-state index in [1.54, 1.807) is 11.3 Å². The number of rotatable bonds is 7. The molecular formula is C17H24N2OS. The zero-order chi connectivity index (χ0) is 15.2. The van der Waals surface area contributed by atoms with Crippen LogP contribution in [-0.2, 0) is 0 Å². The molecule has 4 heteroatoms. The van der Waals surface area contributed by atoms with Crippen molar-refractivity contribution in [1.29, 1.82) is 0 Å². The predicted molar refractivity (Wildman–Crippen MR) is 89.2 cm³/mol. The Morgan fingerprint density at radius 1 is 1.24 bits per heavy atom. The molecule has 0 radical (unpaired) electrons. The van der Waals surface area contributed by atoms with Crippen molar-refractivity contribution in [2.45, 2.75) is 46.3 Å². The van der Waals surface area contributed by atoms with Crippen LogP contribution in [0.5, 0.6) is 5.75 Å². The number of thiazole rings is 1. The molecule has 1 atom stereocenters. The Bertz CT molecular complexity index is 548. The molecule has 2 rings (SSSR count). The van der Waals surface area contributed by atoms with Crippen LogP contribution in [0.2, 0.25) is 0 Å². The Hall–Kier alpha value is -1.39. The SMILES string of the molecule is CCCNC(c1ccc(OC(C)C)cc1)c1cnc(C)s1. The van der Waals surface area contributed by atoms with Crippen LogP contribution in [0.4, 0.5) is 0 Å². The number of benzene rings is 1. The molecule has 0 aliphatic rings. The topological polar surface area (TPSA) is 34.1 Å². The lowest BCUT2D eigenvalue weighted by atomic mass is 10.1. The number of hydrogen-bond acceptors (Lipinski definition) is 4. The minimum Gasteiger partial charge on any atom is -0.491 e. The van der Waals surface area contributed by atoms with E-state index in [9.17, 15) is 0 Å². The summed E-state index contributed by atoms with van der Waals surface area (Å²) in [6.07, 6.45) is 3.29. The third kappa shape index (κ3) is 4.55. The molecule has 0 fully saturated rings. The van der Waals surface area contributed by atoms with Gasteiger partial charge in [-0.25, -0.2) is 4.98 Å². The third-order valence-electron chi connectivity index (χ3n) is 3.11. The molecule has 0 saturated carbocycles. The van der Waals surface area contributed by atoms with Gasteiger partial charge in [0.05, 0.1) is 17.2 Å². The van der Waals surface area contributed by atoms with Gasteiger partial charge in [0.2, 0.25) is 0 Å². The summed E-state index contributed by atoms with van der Waals surface area (Å²) < 4.78 is 5.71. The predicted octanol–water partition coefficient (Wildman–Crippen LogP) is 4.33. The molecule has 114 valence electrons. The maximum absolute atomic E-state index is 5.71. The largest absolute Gasteiger partial charge is 0.491 e. The number of hydrogen-bond donors (Lipinski definition) is 1. The molecule has 21 heavy (non-hydrogen) atoms. The zero-order valence-electron chi connectivity index (χ0n) is 13.2. The minimum absolute atomic E-state index is 0.203. The number of nitrogens with one attached hydrogen (secondary N) is 1. The second kappa shape index (κ2) is 7.57. The standard InChI is InChI=1S/C17H24N2OS/c1-5-10-18-17(16-11-19-13(4)21-16)14-6-8-15(9-7-14)20-12(2)3/h6-9,11-12,17-18H,5,10H2,1-4H3. The molecule has 0 bridgehead atoms. The molecule has 2 aromatic rings. The van der Waals surface area contributed by atoms with E-state index in [4.69, 9.17) is 4.74 Å². The summed E-state index contributed by atoms with van der Waals surface area (Å²) in [6, 6.07) is 8.58. The molecular weight excluding hydrogens is 280 g/mol. The first-order valence-corrected chi connectivity index (χ1v) is 8.34. The van der Waals surface area contributed by atoms with Gasteiger partial charge in [0.15, 0.2) is 0 Å². The van der Waals surface area contributed by atoms with Gasteiger partial charge in [0, 0.05) is 11.1 Å². The molecule has 0 aliphatic carbocycles. The highest BCUT2D eigenvalue weighted by Gasteiger charge is 2.16. The zero-order valence-corrected chi connectivity index (χ0v) is 14.0. The molecule has 0 spiro atoms. The number of nitrogens with zero attached hydrogens (tertiary/aromatic N) is 1. The molecule has 0 aliphatic heterocycles. The van der Waals surface area contributed by atoms with Crippen molar-refractivity contribution in [1.82, 2.24) is 10.3 Å². The Balaban J connectivity index is 2.20. The van der Waals surface area contributed by atoms with E-state index < -0.39 is 0 Å². The van der Waals surface area contributed by atoms with Crippen molar-refractivity contribution < 1.29 is 4.74 Å². The summed E-state index contributed by atoms with van der Waals surface area (Å²) in [5, 5.41) is 4.71. The maximum atomic E-state index is 5.71. The highest BCUT2D eigenvalue weighted by atomic mass is 32.1. The minimum atomic E-state index is 0.203. The molecule has 1 unspecified atom stereocenters. The summed E-state index contributed by atoms with van der Waals surface area (Å²) in [5.74, 6) is 0.920. The summed E-state index contributed by atoms with van der Waals surface area (Å²) in [5.41, 5.74) is 1.25. The Kier molecular flexibility index (Phi) is 5.76. The van der Waals surface area contributed by atoms with E-state index in [1.807, 2.05) is 39.1 Å². The highest BCUT2D eigenvalue weighted by Crippen LogP contribution is 2.28. The summed E-state index contributed by atoms with van der Waals surface area (Å²) in [4.78, 5) is 5.64. The van der Waals surface area contributed by atoms with Crippen LogP contribution in [0.15, 0.2) is 30.5 Å². The average molecular weight is 304 g/mol. The molecule has 1 aromatic carbocycles. The lowest BCUT2D eigenvalue weighted by Crippen LogP contribution is -2.22. The number of aryl methyl sites for hydroxylation is 1. The van der Waals surface area contributed by atoms with E-state index in [0.29, 0.717) is 0 Å². The fourth-order valence-electron chi connectivity index (χ4n) is 2.19. The van der Waals surface area contributed by atoms with Crippen LogP contribution in [0.3, 0.4) is 0 Å². The smallest absolute Gasteiger partial charge is 0.119 e. The fraction of sp³-hybridized carbons (Fsp3) is 0.471. The van der Waals surface area contributed by atoms with Crippen molar-refractivity contribution in [3.63, 3.8) is 0 Å². The molecule has 1 heterocycles. The fourth-order valence-corrected chi connectivity index (χ4v) is 3.08. The van der Waals surface area contributed by atoms with Crippen LogP contribution in [0.1, 0.15) is 48.7 Å². The lowest BCUT2D eigenvalue weighted by Gasteiger charge is -2.18. The third-order valence-corrected chi connectivity index (χ3v) is 4.08. The molecule has 3 nitrogen and oxygen atoms in total. The second-order valence-corrected chi connectivity index (χ2v) is 6.67. The van der Waals surface area contributed by atoms with Crippen molar-refractivity contribution in [2.75, 3.05) is 6.54 Å². The van der Waals surface area contributed by atoms with Gasteiger partial charge in [-0.15, -0.1) is 11.3 Å². The quantitative estimate of drug-likeness (QED) is 0.827. The van der Waals surface area contributed by atoms with Crippen LogP contribution < -0.4 is 10.1 Å². The van der Waals surface area contributed by atoms with E-state index in [0.717, 1.165) is 23.7 Å². The average Bonchev–Trinajstić information content (AvgIpc) is 2.87. The van der Waals surface area contributed by atoms with Gasteiger partial charge >= 0.3 is 0 Å². The van der Waals surface area contributed by atoms with Gasteiger partial charge < -0.3 is 10.1 Å². The molecule has 1 N–H and O–H groups in total. The van der Waals surface area contributed by atoms with Crippen molar-refractivity contribution in [3.8, 4) is 5.75 Å². The van der Waals surface area contributed by atoms with E-state index in [2.05, 4.69) is 29.4 Å². The van der Waals surface area contributed by atoms with Crippen molar-refractivity contribution in [2.24, 2.45) is 0 Å². The lowest BCUT2D eigenvalue weighted by molar-refractivity contribution is 0.242. The van der Waals surface area contributed by atoms with Gasteiger partial charge in [0.1, 0.15) is 5.75 Å². The molecule has 1 aromatic heterocycles. The monoisotopic (exact) mass is 304 g/mol. The summed E-state index contributed by atoms with van der Waals surface area (Å²) >= 11 is 1.75. The van der Waals surface area contributed by atoms with Crippen LogP contribution in [0, 0.1) is 6.92 Å². The normalized spacial score (nSPS) is 12.6. The van der Waals surface area contributed by atoms with E-state index >= 15 is 0 Å². The number of aromatic nitrogens is 1. The molecule has 0 amide bonds. The van der Waals surface area contributed by atoms with Crippen molar-refractivity contribution in [3.05, 3.63) is 45.9 Å². The summed E-state index contributed by atoms with van der Waals surface area (Å²) in [7, 11) is 0. The van der Waals surface area contributed by atoms with Gasteiger partial charge in [-0.1, -0.05) is 19.1 Å². The van der Waals surface area contributed by atoms with Gasteiger partial charge in [-0.3, -0.25) is 0 Å². The highest BCUT2D eigenvalue weighted by molar-refractivity contribution is 7.11. The maximum Gasteiger partial charge on any atom is 0.119 e. The van der Waals surface area contributed by atoms with E-state index in [1.165, 1.54) is 10.4 Å². The Morgan fingerprint density at radius 2 is 1.95 bits per heavy atom. The first kappa shape index (κ1) is 16.0. The van der Waals surface area contributed by atoms with Gasteiger partial charge in [-0.05, 0) is 51.4 Å². The van der Waals surface area contributed by atoms with Crippen LogP contribution in [0.25, 0.3) is 0 Å². The first-order chi connectivity index (χ1) is 10.1. The van der Waals surface area contributed by atoms with Gasteiger partial charge in [0.25, 0.3) is 0 Å². The second-order valence-electron chi connectivity index (χ2n) is 5.40. The Morgan fingerprint density at radius 3 is 2.48 bits per heavy atom. The first-order valence-electron chi connectivity index (χ1n) is 7.52. The van der Waals surface area contributed by atoms with E-state index in [-0.39, 0.29) is 12.1 Å². The number of ether oxygens (including phenoxy) is 1. The summed E-state index contributed by atoms with van der Waals surface area (Å²) in [6.45, 7) is 9.30. The Labute approximate surface area is 131 Å². The van der Waals surface area contributed by atoms with Crippen LogP contribution in [-0.4, -0.2) is 17.6 Å². The molecule has 0 saturated heterocycles.